The van der Waals surface area contributed by atoms with Gasteiger partial charge >= 0.3 is 0 Å². The number of nitrogens with one attached hydrogen (secondary N) is 2. The van der Waals surface area contributed by atoms with Gasteiger partial charge in [0.2, 0.25) is 0 Å². The molecule has 0 radical (unpaired) electrons. The van der Waals surface area contributed by atoms with E-state index in [1.165, 1.54) is 10.4 Å². The standard InChI is InChI=1S/C21H15N7S/c1-28-11-13(10-24-28)12-7-16-19(26-27-21(16)23-9-12)17-8-15-14(18-3-2-6-29-18)4-5-22-20(15)25-17/h2-11H,1H3,(H,22,25)(H,23,26,27). The zero-order valence-corrected chi connectivity index (χ0v) is 16.2. The van der Waals surface area contributed by atoms with Gasteiger partial charge in [-0.05, 0) is 29.6 Å². The molecule has 0 bridgehead atoms. The SMILES string of the molecule is Cn1cc(-c2cnc3n[nH]c(-c4cc5c(-c6cccs6)ccnc5[nH]4)c3c2)cn1. The van der Waals surface area contributed by atoms with Crippen LogP contribution in [0.4, 0.5) is 0 Å². The van der Waals surface area contributed by atoms with Crippen molar-refractivity contribution in [3.8, 4) is 33.0 Å². The maximum absolute atomic E-state index is 4.52. The van der Waals surface area contributed by atoms with Crippen LogP contribution in [0.15, 0.2) is 60.5 Å². The molecular weight excluding hydrogens is 382 g/mol. The largest absolute Gasteiger partial charge is 0.338 e. The first-order valence-corrected chi connectivity index (χ1v) is 9.99. The average Bonchev–Trinajstić information content (AvgIpc) is 3.51. The second-order valence-electron chi connectivity index (χ2n) is 6.88. The summed E-state index contributed by atoms with van der Waals surface area (Å²) >= 11 is 1.72. The second kappa shape index (κ2) is 6.11. The molecule has 2 N–H and O–H groups in total. The number of aryl methyl sites for hydroxylation is 1. The molecule has 0 atom stereocenters. The summed E-state index contributed by atoms with van der Waals surface area (Å²) in [4.78, 5) is 13.7. The summed E-state index contributed by atoms with van der Waals surface area (Å²) in [6.07, 6.45) is 7.47. The van der Waals surface area contributed by atoms with Crippen molar-refractivity contribution in [2.45, 2.75) is 0 Å². The van der Waals surface area contributed by atoms with Gasteiger partial charge in [-0.25, -0.2) is 9.97 Å². The fourth-order valence-electron chi connectivity index (χ4n) is 3.64. The predicted molar refractivity (Wildman–Crippen MR) is 114 cm³/mol. The number of aromatic nitrogens is 7. The number of pyridine rings is 2. The van der Waals surface area contributed by atoms with Crippen molar-refractivity contribution in [1.82, 2.24) is 34.9 Å². The van der Waals surface area contributed by atoms with E-state index in [9.17, 15) is 0 Å². The van der Waals surface area contributed by atoms with Crippen LogP contribution in [-0.2, 0) is 7.05 Å². The highest BCUT2D eigenvalue weighted by Gasteiger charge is 2.15. The van der Waals surface area contributed by atoms with E-state index in [0.717, 1.165) is 38.9 Å². The third-order valence-electron chi connectivity index (χ3n) is 5.04. The van der Waals surface area contributed by atoms with Gasteiger partial charge in [-0.2, -0.15) is 10.2 Å². The quantitative estimate of drug-likeness (QED) is 0.456. The molecule has 6 aromatic heterocycles. The van der Waals surface area contributed by atoms with Crippen LogP contribution in [0.2, 0.25) is 0 Å². The Balaban J connectivity index is 1.53. The van der Waals surface area contributed by atoms with Crippen molar-refractivity contribution in [3.63, 3.8) is 0 Å². The topological polar surface area (TPSA) is 88.1 Å². The molecule has 0 saturated heterocycles. The molecule has 6 rings (SSSR count). The number of fused-ring (bicyclic) bond motifs is 2. The fraction of sp³-hybridized carbons (Fsp3) is 0.0476. The minimum atomic E-state index is 0.678. The molecule has 0 aliphatic rings. The van der Waals surface area contributed by atoms with Crippen molar-refractivity contribution in [2.75, 3.05) is 0 Å². The lowest BCUT2D eigenvalue weighted by Gasteiger charge is -1.98. The van der Waals surface area contributed by atoms with Gasteiger partial charge in [0.15, 0.2) is 5.65 Å². The van der Waals surface area contributed by atoms with Crippen molar-refractivity contribution in [1.29, 1.82) is 0 Å². The van der Waals surface area contributed by atoms with Crippen LogP contribution in [-0.4, -0.2) is 34.9 Å². The predicted octanol–water partition coefficient (Wildman–Crippen LogP) is 4.63. The highest BCUT2D eigenvalue weighted by molar-refractivity contribution is 7.13. The minimum Gasteiger partial charge on any atom is -0.338 e. The maximum Gasteiger partial charge on any atom is 0.181 e. The van der Waals surface area contributed by atoms with E-state index in [0.29, 0.717) is 5.65 Å². The minimum absolute atomic E-state index is 0.678. The molecule has 29 heavy (non-hydrogen) atoms. The first-order valence-electron chi connectivity index (χ1n) is 9.11. The summed E-state index contributed by atoms with van der Waals surface area (Å²) in [5.41, 5.74) is 6.56. The van der Waals surface area contributed by atoms with Gasteiger partial charge in [0.1, 0.15) is 5.65 Å². The van der Waals surface area contributed by atoms with E-state index < -0.39 is 0 Å². The van der Waals surface area contributed by atoms with Crippen LogP contribution in [0, 0.1) is 0 Å². The second-order valence-corrected chi connectivity index (χ2v) is 7.83. The molecule has 0 spiro atoms. The molecule has 7 nitrogen and oxygen atoms in total. The molecule has 0 aliphatic carbocycles. The van der Waals surface area contributed by atoms with Crippen LogP contribution in [0.3, 0.4) is 0 Å². The lowest BCUT2D eigenvalue weighted by atomic mass is 10.1. The van der Waals surface area contributed by atoms with E-state index in [2.05, 4.69) is 66.0 Å². The molecule has 0 aliphatic heterocycles. The third-order valence-corrected chi connectivity index (χ3v) is 5.94. The number of rotatable bonds is 3. The molecule has 0 fully saturated rings. The molecule has 6 heterocycles. The van der Waals surface area contributed by atoms with Crippen molar-refractivity contribution in [3.05, 3.63) is 60.5 Å². The monoisotopic (exact) mass is 397 g/mol. The van der Waals surface area contributed by atoms with E-state index in [1.54, 1.807) is 16.0 Å². The molecule has 140 valence electrons. The van der Waals surface area contributed by atoms with Crippen LogP contribution in [0.5, 0.6) is 0 Å². The summed E-state index contributed by atoms with van der Waals surface area (Å²) < 4.78 is 1.78. The number of hydrogen-bond acceptors (Lipinski definition) is 5. The highest BCUT2D eigenvalue weighted by atomic mass is 32.1. The first kappa shape index (κ1) is 16.2. The van der Waals surface area contributed by atoms with Crippen LogP contribution < -0.4 is 0 Å². The van der Waals surface area contributed by atoms with Crippen molar-refractivity contribution >= 4 is 33.4 Å². The van der Waals surface area contributed by atoms with Gasteiger partial charge in [-0.1, -0.05) is 6.07 Å². The maximum atomic E-state index is 4.52. The Morgan fingerprint density at radius 2 is 2.00 bits per heavy atom. The van der Waals surface area contributed by atoms with Gasteiger partial charge in [-0.3, -0.25) is 9.78 Å². The Morgan fingerprint density at radius 1 is 1.03 bits per heavy atom. The number of nitrogens with zero attached hydrogens (tertiary/aromatic N) is 5. The van der Waals surface area contributed by atoms with Crippen LogP contribution in [0.1, 0.15) is 0 Å². The summed E-state index contributed by atoms with van der Waals surface area (Å²) in [7, 11) is 1.90. The van der Waals surface area contributed by atoms with Gasteiger partial charge in [0, 0.05) is 58.0 Å². The van der Waals surface area contributed by atoms with Crippen LogP contribution in [0.25, 0.3) is 55.0 Å². The highest BCUT2D eigenvalue weighted by Crippen LogP contribution is 2.35. The lowest BCUT2D eigenvalue weighted by molar-refractivity contribution is 0.768. The Morgan fingerprint density at radius 3 is 2.83 bits per heavy atom. The summed E-state index contributed by atoms with van der Waals surface area (Å²) in [5.74, 6) is 0. The number of aromatic amines is 2. The number of hydrogen-bond donors (Lipinski definition) is 2. The molecule has 6 aromatic rings. The van der Waals surface area contributed by atoms with E-state index in [1.807, 2.05) is 31.8 Å². The van der Waals surface area contributed by atoms with E-state index >= 15 is 0 Å². The molecule has 0 aromatic carbocycles. The lowest BCUT2D eigenvalue weighted by Crippen LogP contribution is -1.84. The van der Waals surface area contributed by atoms with Gasteiger partial charge in [0.25, 0.3) is 0 Å². The first-order chi connectivity index (χ1) is 14.3. The van der Waals surface area contributed by atoms with Crippen molar-refractivity contribution < 1.29 is 0 Å². The van der Waals surface area contributed by atoms with E-state index in [-0.39, 0.29) is 0 Å². The summed E-state index contributed by atoms with van der Waals surface area (Å²) in [6.45, 7) is 0. The Kier molecular flexibility index (Phi) is 3.41. The summed E-state index contributed by atoms with van der Waals surface area (Å²) in [5, 5.41) is 15.9. The molecule has 0 unspecified atom stereocenters. The third kappa shape index (κ3) is 2.57. The molecule has 0 amide bonds. The zero-order chi connectivity index (χ0) is 19.4. The summed E-state index contributed by atoms with van der Waals surface area (Å²) in [6, 6.07) is 10.5. The van der Waals surface area contributed by atoms with Crippen molar-refractivity contribution in [2.24, 2.45) is 7.05 Å². The van der Waals surface area contributed by atoms with Gasteiger partial charge in [-0.15, -0.1) is 11.3 Å². The smallest absolute Gasteiger partial charge is 0.181 e. The molecule has 8 heteroatoms. The fourth-order valence-corrected chi connectivity index (χ4v) is 4.41. The molecule has 0 saturated carbocycles. The number of thiophene rings is 1. The zero-order valence-electron chi connectivity index (χ0n) is 15.4. The van der Waals surface area contributed by atoms with Gasteiger partial charge < -0.3 is 4.98 Å². The van der Waals surface area contributed by atoms with Crippen LogP contribution >= 0.6 is 11.3 Å². The Hall–Kier alpha value is -3.78. The average molecular weight is 397 g/mol. The van der Waals surface area contributed by atoms with Gasteiger partial charge in [0.05, 0.1) is 17.6 Å². The van der Waals surface area contributed by atoms with E-state index in [4.69, 9.17) is 0 Å². The normalized spacial score (nSPS) is 11.6. The Bertz CT molecular complexity index is 1470. The number of H-pyrrole nitrogens is 2. The Labute approximate surface area is 169 Å². The molecular formula is C21H15N7S.